The van der Waals surface area contributed by atoms with E-state index in [0.29, 0.717) is 19.4 Å². The van der Waals surface area contributed by atoms with Gasteiger partial charge in [0.25, 0.3) is 5.91 Å². The lowest BCUT2D eigenvalue weighted by Crippen LogP contribution is -2.43. The van der Waals surface area contributed by atoms with E-state index in [-0.39, 0.29) is 35.3 Å². The van der Waals surface area contributed by atoms with Crippen LogP contribution in [0.2, 0.25) is 0 Å². The van der Waals surface area contributed by atoms with Crippen molar-refractivity contribution >= 4 is 11.9 Å². The number of aromatic nitrogens is 1. The highest BCUT2D eigenvalue weighted by molar-refractivity contribution is 5.97. The minimum Gasteiger partial charge on any atom is -0.503 e. The molecular formula is C27H36N2O6. The number of ether oxygens (including phenoxy) is 3. The zero-order chi connectivity index (χ0) is 25.2. The Hall–Kier alpha value is -3.13. The van der Waals surface area contributed by atoms with Crippen molar-refractivity contribution in [3.8, 4) is 11.5 Å². The van der Waals surface area contributed by atoms with Gasteiger partial charge in [0.15, 0.2) is 17.2 Å². The van der Waals surface area contributed by atoms with Crippen LogP contribution >= 0.6 is 0 Å². The number of carbonyl (C=O) groups is 2. The van der Waals surface area contributed by atoms with E-state index >= 15 is 0 Å². The Kier molecular flexibility index (Phi) is 9.90. The summed E-state index contributed by atoms with van der Waals surface area (Å²) in [6, 6.07) is 10.6. The summed E-state index contributed by atoms with van der Waals surface area (Å²) in [6.07, 6.45) is 5.69. The van der Waals surface area contributed by atoms with Gasteiger partial charge in [-0.05, 0) is 38.2 Å². The molecule has 1 aliphatic heterocycles. The molecule has 1 aromatic carbocycles. The number of nitrogens with one attached hydrogen (secondary N) is 1. The van der Waals surface area contributed by atoms with Gasteiger partial charge in [0.05, 0.1) is 19.8 Å². The monoisotopic (exact) mass is 484 g/mol. The fourth-order valence-electron chi connectivity index (χ4n) is 4.48. The quantitative estimate of drug-likeness (QED) is 0.508. The number of pyridine rings is 1. The first kappa shape index (κ1) is 26.5. The summed E-state index contributed by atoms with van der Waals surface area (Å²) in [7, 11) is 1.39. The highest BCUT2D eigenvalue weighted by Gasteiger charge is 2.35. The van der Waals surface area contributed by atoms with E-state index in [1.165, 1.54) is 19.4 Å². The number of esters is 1. The molecule has 1 aromatic heterocycles. The number of unbranched alkanes of at least 4 members (excludes halogenated alkanes) is 1. The van der Waals surface area contributed by atoms with Crippen LogP contribution in [-0.2, 0) is 20.9 Å². The summed E-state index contributed by atoms with van der Waals surface area (Å²) in [5.41, 5.74) is 0.900. The van der Waals surface area contributed by atoms with Gasteiger partial charge in [-0.2, -0.15) is 0 Å². The lowest BCUT2D eigenvalue weighted by atomic mass is 9.88. The summed E-state index contributed by atoms with van der Waals surface area (Å²) in [4.78, 5) is 29.8. The van der Waals surface area contributed by atoms with E-state index in [0.717, 1.165) is 31.2 Å². The summed E-state index contributed by atoms with van der Waals surface area (Å²) in [6.45, 7) is 4.53. The first-order chi connectivity index (χ1) is 16.9. The fourth-order valence-corrected chi connectivity index (χ4v) is 4.48. The molecule has 0 bridgehead atoms. The molecule has 190 valence electrons. The largest absolute Gasteiger partial charge is 0.503 e. The molecule has 0 unspecified atom stereocenters. The number of methoxy groups -OCH3 is 1. The van der Waals surface area contributed by atoms with Crippen molar-refractivity contribution in [3.05, 3.63) is 53.9 Å². The van der Waals surface area contributed by atoms with Gasteiger partial charge >= 0.3 is 5.97 Å². The van der Waals surface area contributed by atoms with Crippen LogP contribution in [0.25, 0.3) is 0 Å². The van der Waals surface area contributed by atoms with Crippen LogP contribution in [-0.4, -0.2) is 47.3 Å². The van der Waals surface area contributed by atoms with Gasteiger partial charge in [0.1, 0.15) is 12.1 Å². The molecule has 0 saturated carbocycles. The van der Waals surface area contributed by atoms with Gasteiger partial charge in [-0.1, -0.05) is 50.1 Å². The van der Waals surface area contributed by atoms with Gasteiger partial charge in [-0.15, -0.1) is 0 Å². The standard InChI is InChI=1S/C27H36N2O6/c1-4-5-12-20-18(2)35-27(32)21(29-26(31)24-25(30)23(33-3)15-16-28-24)13-9-14-22(20)34-17-19-10-7-6-8-11-19/h6-8,10-11,15-16,18,20-22,30H,4-5,9,12-14,17H2,1-3H3,(H,29,31)/t18-,20-,21-,22-/m0/s1. The predicted octanol–water partition coefficient (Wildman–Crippen LogP) is 4.40. The van der Waals surface area contributed by atoms with Crippen LogP contribution in [0.5, 0.6) is 11.5 Å². The maximum Gasteiger partial charge on any atom is 0.328 e. The number of nitrogens with zero attached hydrogens (tertiary/aromatic N) is 1. The van der Waals surface area contributed by atoms with E-state index in [4.69, 9.17) is 14.2 Å². The molecule has 2 N–H and O–H groups in total. The Labute approximate surface area is 207 Å². The Morgan fingerprint density at radius 1 is 1.23 bits per heavy atom. The molecule has 3 rings (SSSR count). The molecule has 8 heteroatoms. The van der Waals surface area contributed by atoms with Crippen LogP contribution in [0.1, 0.15) is 68.4 Å². The number of benzene rings is 1. The van der Waals surface area contributed by atoms with Crippen LogP contribution in [0.4, 0.5) is 0 Å². The molecule has 0 spiro atoms. The van der Waals surface area contributed by atoms with Crippen molar-refractivity contribution in [2.24, 2.45) is 5.92 Å². The third-order valence-electron chi connectivity index (χ3n) is 6.47. The van der Waals surface area contributed by atoms with Gasteiger partial charge in [0, 0.05) is 18.2 Å². The van der Waals surface area contributed by atoms with E-state index in [2.05, 4.69) is 17.2 Å². The minimum atomic E-state index is -0.850. The highest BCUT2D eigenvalue weighted by Crippen LogP contribution is 2.30. The van der Waals surface area contributed by atoms with Gasteiger partial charge in [0.2, 0.25) is 0 Å². The number of hydrogen-bond acceptors (Lipinski definition) is 7. The van der Waals surface area contributed by atoms with Crippen molar-refractivity contribution < 1.29 is 28.9 Å². The molecular weight excluding hydrogens is 448 g/mol. The molecule has 2 aromatic rings. The molecule has 8 nitrogen and oxygen atoms in total. The van der Waals surface area contributed by atoms with Gasteiger partial charge < -0.3 is 24.6 Å². The normalized spacial score (nSPS) is 22.9. The summed E-state index contributed by atoms with van der Waals surface area (Å²) < 4.78 is 17.3. The molecule has 2 heterocycles. The summed E-state index contributed by atoms with van der Waals surface area (Å²) in [5.74, 6) is -1.33. The number of hydrogen-bond donors (Lipinski definition) is 2. The maximum absolute atomic E-state index is 13.0. The van der Waals surface area contributed by atoms with Crippen molar-refractivity contribution in [2.75, 3.05) is 7.11 Å². The Morgan fingerprint density at radius 3 is 2.71 bits per heavy atom. The third kappa shape index (κ3) is 7.18. The highest BCUT2D eigenvalue weighted by atomic mass is 16.5. The SMILES string of the molecule is CCCC[C@H]1[C@H](C)OC(=O)[C@@H](NC(=O)c2nccc(OC)c2O)CCC[C@@H]1OCc1ccccc1. The molecule has 1 aliphatic rings. The lowest BCUT2D eigenvalue weighted by molar-refractivity contribution is -0.156. The van der Waals surface area contributed by atoms with Crippen LogP contribution in [0, 0.1) is 5.92 Å². The number of carbonyl (C=O) groups excluding carboxylic acids is 2. The molecule has 35 heavy (non-hydrogen) atoms. The predicted molar refractivity (Wildman–Crippen MR) is 131 cm³/mol. The smallest absolute Gasteiger partial charge is 0.328 e. The van der Waals surface area contributed by atoms with Crippen molar-refractivity contribution in [2.45, 2.75) is 77.2 Å². The second-order valence-electron chi connectivity index (χ2n) is 8.95. The average Bonchev–Trinajstić information content (AvgIpc) is 2.91. The van der Waals surface area contributed by atoms with Crippen LogP contribution < -0.4 is 10.1 Å². The van der Waals surface area contributed by atoms with Gasteiger partial charge in [-0.3, -0.25) is 4.79 Å². The molecule has 1 saturated heterocycles. The zero-order valence-electron chi connectivity index (χ0n) is 20.7. The minimum absolute atomic E-state index is 0.0566. The average molecular weight is 485 g/mol. The zero-order valence-corrected chi connectivity index (χ0v) is 20.7. The first-order valence-electron chi connectivity index (χ1n) is 12.3. The maximum atomic E-state index is 13.0. The van der Waals surface area contributed by atoms with E-state index in [9.17, 15) is 14.7 Å². The van der Waals surface area contributed by atoms with Gasteiger partial charge in [-0.25, -0.2) is 9.78 Å². The number of cyclic esters (lactones) is 1. The second kappa shape index (κ2) is 13.1. The number of amides is 1. The van der Waals surface area contributed by atoms with Crippen molar-refractivity contribution in [1.29, 1.82) is 0 Å². The van der Waals surface area contributed by atoms with Crippen molar-refractivity contribution in [3.63, 3.8) is 0 Å². The van der Waals surface area contributed by atoms with Crippen LogP contribution in [0.15, 0.2) is 42.6 Å². The Morgan fingerprint density at radius 2 is 2.00 bits per heavy atom. The number of rotatable bonds is 9. The Balaban J connectivity index is 1.73. The topological polar surface area (TPSA) is 107 Å². The molecule has 0 radical (unpaired) electrons. The first-order valence-corrected chi connectivity index (χ1v) is 12.3. The third-order valence-corrected chi connectivity index (χ3v) is 6.47. The van der Waals surface area contributed by atoms with E-state index in [1.54, 1.807) is 0 Å². The fraction of sp³-hybridized carbons (Fsp3) is 0.519. The Bertz CT molecular complexity index is 967. The number of aromatic hydroxyl groups is 1. The lowest BCUT2D eigenvalue weighted by Gasteiger charge is -2.31. The molecule has 1 fully saturated rings. The van der Waals surface area contributed by atoms with E-state index < -0.39 is 17.9 Å². The summed E-state index contributed by atoms with van der Waals surface area (Å²) >= 11 is 0. The summed E-state index contributed by atoms with van der Waals surface area (Å²) in [5, 5.41) is 13.0. The second-order valence-corrected chi connectivity index (χ2v) is 8.95. The van der Waals surface area contributed by atoms with E-state index in [1.807, 2.05) is 37.3 Å². The van der Waals surface area contributed by atoms with Crippen molar-refractivity contribution in [1.82, 2.24) is 10.3 Å². The molecule has 4 atom stereocenters. The molecule has 0 aliphatic carbocycles. The van der Waals surface area contributed by atoms with Crippen LogP contribution in [0.3, 0.4) is 0 Å². The molecule has 1 amide bonds.